The molecule has 3 aliphatic rings. The lowest BCUT2D eigenvalue weighted by Crippen LogP contribution is -2.42. The van der Waals surface area contributed by atoms with E-state index >= 15 is 0 Å². The van der Waals surface area contributed by atoms with Gasteiger partial charge in [0.1, 0.15) is 0 Å². The van der Waals surface area contributed by atoms with Gasteiger partial charge in [-0.05, 0) is 50.4 Å². The number of rotatable bonds is 4. The van der Waals surface area contributed by atoms with Crippen LogP contribution >= 0.6 is 15.9 Å². The van der Waals surface area contributed by atoms with Crippen LogP contribution < -0.4 is 0 Å². The van der Waals surface area contributed by atoms with Gasteiger partial charge >= 0.3 is 0 Å². The van der Waals surface area contributed by atoms with Crippen LogP contribution in [0, 0.1) is 5.41 Å². The van der Waals surface area contributed by atoms with Gasteiger partial charge in [-0.2, -0.15) is 0 Å². The zero-order valence-corrected chi connectivity index (χ0v) is 11.0. The van der Waals surface area contributed by atoms with Gasteiger partial charge in [-0.3, -0.25) is 0 Å². The van der Waals surface area contributed by atoms with Crippen molar-refractivity contribution in [3.63, 3.8) is 0 Å². The Labute approximate surface area is 97.0 Å². The Morgan fingerprint density at radius 2 is 1.50 bits per heavy atom. The molecule has 2 bridgehead atoms. The second kappa shape index (κ2) is 4.15. The van der Waals surface area contributed by atoms with Crippen molar-refractivity contribution in [1.82, 2.24) is 0 Å². The summed E-state index contributed by atoms with van der Waals surface area (Å²) in [7, 11) is 0. The van der Waals surface area contributed by atoms with Crippen LogP contribution in [0.2, 0.25) is 0 Å². The van der Waals surface area contributed by atoms with Crippen LogP contribution in [0.1, 0.15) is 71.1 Å². The Morgan fingerprint density at radius 1 is 0.929 bits per heavy atom. The van der Waals surface area contributed by atoms with Crippen molar-refractivity contribution in [2.75, 3.05) is 0 Å². The third-order valence-corrected chi connectivity index (χ3v) is 5.81. The first-order valence-electron chi connectivity index (χ1n) is 6.37. The fourth-order valence-corrected chi connectivity index (χ4v) is 3.94. The molecule has 14 heavy (non-hydrogen) atoms. The lowest BCUT2D eigenvalue weighted by atomic mass is 9.59. The van der Waals surface area contributed by atoms with Crippen LogP contribution in [0.15, 0.2) is 0 Å². The molecule has 0 aromatic heterocycles. The van der Waals surface area contributed by atoms with Crippen molar-refractivity contribution >= 4 is 15.9 Å². The first kappa shape index (κ1) is 11.0. The number of unbranched alkanes of at least 4 members (excludes halogenated alkanes) is 2. The van der Waals surface area contributed by atoms with Crippen LogP contribution in [0.4, 0.5) is 0 Å². The van der Waals surface area contributed by atoms with Gasteiger partial charge in [-0.15, -0.1) is 0 Å². The van der Waals surface area contributed by atoms with E-state index in [9.17, 15) is 0 Å². The van der Waals surface area contributed by atoms with Crippen molar-refractivity contribution < 1.29 is 0 Å². The molecular formula is C13H23Br. The summed E-state index contributed by atoms with van der Waals surface area (Å²) >= 11 is 3.94. The number of alkyl halides is 1. The molecule has 0 radical (unpaired) electrons. The van der Waals surface area contributed by atoms with E-state index in [1.54, 1.807) is 0 Å². The van der Waals surface area contributed by atoms with E-state index < -0.39 is 0 Å². The number of hydrogen-bond acceptors (Lipinski definition) is 0. The standard InChI is InChI=1S/C13H23Br/c1-2-3-4-5-12-6-9-13(14,10-7-12)11-8-12/h2-11H2,1H3. The summed E-state index contributed by atoms with van der Waals surface area (Å²) in [4.78, 5) is 0. The maximum atomic E-state index is 3.94. The van der Waals surface area contributed by atoms with Crippen LogP contribution in [0.3, 0.4) is 0 Å². The minimum absolute atomic E-state index is 0.569. The van der Waals surface area contributed by atoms with Crippen LogP contribution in [-0.4, -0.2) is 4.32 Å². The summed E-state index contributed by atoms with van der Waals surface area (Å²) in [6.07, 6.45) is 14.7. The molecule has 0 amide bonds. The highest BCUT2D eigenvalue weighted by atomic mass is 79.9. The fourth-order valence-electron chi connectivity index (χ4n) is 3.34. The van der Waals surface area contributed by atoms with Crippen LogP contribution in [0.25, 0.3) is 0 Å². The average molecular weight is 259 g/mol. The monoisotopic (exact) mass is 258 g/mol. The molecule has 1 heteroatoms. The molecule has 0 heterocycles. The zero-order valence-electron chi connectivity index (χ0n) is 9.45. The molecule has 0 aliphatic heterocycles. The molecule has 3 saturated carbocycles. The van der Waals surface area contributed by atoms with E-state index in [4.69, 9.17) is 0 Å². The molecule has 0 unspecified atom stereocenters. The van der Waals surface area contributed by atoms with Crippen molar-refractivity contribution in [2.45, 2.75) is 75.5 Å². The smallest absolute Gasteiger partial charge is 0.0258 e. The molecule has 82 valence electrons. The average Bonchev–Trinajstić information content (AvgIpc) is 2.21. The molecule has 0 spiro atoms. The van der Waals surface area contributed by atoms with Gasteiger partial charge in [0.25, 0.3) is 0 Å². The van der Waals surface area contributed by atoms with Gasteiger partial charge in [0.2, 0.25) is 0 Å². The van der Waals surface area contributed by atoms with Crippen molar-refractivity contribution in [3.05, 3.63) is 0 Å². The third kappa shape index (κ3) is 2.18. The van der Waals surface area contributed by atoms with E-state index in [-0.39, 0.29) is 0 Å². The predicted octanol–water partition coefficient (Wildman–Crippen LogP) is 5.05. The molecule has 3 rings (SSSR count). The largest absolute Gasteiger partial charge is 0.0853 e. The Morgan fingerprint density at radius 3 is 2.00 bits per heavy atom. The molecule has 0 aromatic rings. The van der Waals surface area contributed by atoms with Gasteiger partial charge in [-0.1, -0.05) is 42.1 Å². The molecule has 0 atom stereocenters. The summed E-state index contributed by atoms with van der Waals surface area (Å²) in [5, 5.41) is 0. The third-order valence-electron chi connectivity index (χ3n) is 4.62. The minimum atomic E-state index is 0.569. The van der Waals surface area contributed by atoms with Crippen molar-refractivity contribution in [3.8, 4) is 0 Å². The lowest BCUT2D eigenvalue weighted by molar-refractivity contribution is 0.0734. The molecule has 0 saturated heterocycles. The first-order valence-corrected chi connectivity index (χ1v) is 7.16. The van der Waals surface area contributed by atoms with Gasteiger partial charge in [-0.25, -0.2) is 0 Å². The van der Waals surface area contributed by atoms with E-state index in [0.29, 0.717) is 4.32 Å². The van der Waals surface area contributed by atoms with Gasteiger partial charge in [0.15, 0.2) is 0 Å². The maximum Gasteiger partial charge on any atom is 0.0258 e. The van der Waals surface area contributed by atoms with Crippen LogP contribution in [0.5, 0.6) is 0 Å². The molecule has 3 fully saturated rings. The molecule has 0 N–H and O–H groups in total. The summed E-state index contributed by atoms with van der Waals surface area (Å²) in [5.41, 5.74) is 0.782. The molecule has 0 aromatic carbocycles. The van der Waals surface area contributed by atoms with Gasteiger partial charge in [0.05, 0.1) is 0 Å². The number of fused-ring (bicyclic) bond motifs is 3. The van der Waals surface area contributed by atoms with E-state index in [1.807, 2.05) is 0 Å². The lowest BCUT2D eigenvalue weighted by Gasteiger charge is -2.51. The number of hydrogen-bond donors (Lipinski definition) is 0. The highest BCUT2D eigenvalue weighted by molar-refractivity contribution is 9.10. The quantitative estimate of drug-likeness (QED) is 0.489. The van der Waals surface area contributed by atoms with Crippen molar-refractivity contribution in [1.29, 1.82) is 0 Å². The van der Waals surface area contributed by atoms with Gasteiger partial charge < -0.3 is 0 Å². The second-order valence-electron chi connectivity index (χ2n) is 5.61. The van der Waals surface area contributed by atoms with E-state index in [1.165, 1.54) is 64.2 Å². The Bertz CT molecular complexity index is 173. The molecule has 3 aliphatic carbocycles. The summed E-state index contributed by atoms with van der Waals surface area (Å²) in [5.74, 6) is 0. The first-order chi connectivity index (χ1) is 6.68. The van der Waals surface area contributed by atoms with Gasteiger partial charge in [0, 0.05) is 4.32 Å². The van der Waals surface area contributed by atoms with Crippen molar-refractivity contribution in [2.24, 2.45) is 5.41 Å². The fraction of sp³-hybridized carbons (Fsp3) is 1.00. The highest BCUT2D eigenvalue weighted by Crippen LogP contribution is 2.57. The summed E-state index contributed by atoms with van der Waals surface area (Å²) in [6, 6.07) is 0. The predicted molar refractivity (Wildman–Crippen MR) is 65.9 cm³/mol. The highest BCUT2D eigenvalue weighted by Gasteiger charge is 2.46. The molecule has 0 nitrogen and oxygen atoms in total. The topological polar surface area (TPSA) is 0 Å². The van der Waals surface area contributed by atoms with E-state index in [2.05, 4.69) is 22.9 Å². The normalized spacial score (nSPS) is 41.6. The SMILES string of the molecule is CCCCCC12CCC(Br)(CC1)CC2. The number of halogens is 1. The Kier molecular flexibility index (Phi) is 3.26. The maximum absolute atomic E-state index is 3.94. The summed E-state index contributed by atoms with van der Waals surface area (Å²) in [6.45, 7) is 2.31. The second-order valence-corrected chi connectivity index (χ2v) is 7.29. The minimum Gasteiger partial charge on any atom is -0.0853 e. The zero-order chi connectivity index (χ0) is 10.1. The van der Waals surface area contributed by atoms with Crippen LogP contribution in [-0.2, 0) is 0 Å². The van der Waals surface area contributed by atoms with E-state index in [0.717, 1.165) is 5.41 Å². The molecular weight excluding hydrogens is 236 g/mol. The summed E-state index contributed by atoms with van der Waals surface area (Å²) < 4.78 is 0.569. The Hall–Kier alpha value is 0.480. The Balaban J connectivity index is 1.85.